The Kier molecular flexibility index (Phi) is 7.20. The van der Waals surface area contributed by atoms with Crippen LogP contribution in [0.5, 0.6) is 0 Å². The summed E-state index contributed by atoms with van der Waals surface area (Å²) in [4.78, 5) is 29.7. The van der Waals surface area contributed by atoms with Gasteiger partial charge in [0.25, 0.3) is 6.43 Å². The fourth-order valence-electron chi connectivity index (χ4n) is 5.82. The molecule has 1 atom stereocenters. The minimum Gasteiger partial charge on any atom is -0.444 e. The average molecular weight is 542 g/mol. The summed E-state index contributed by atoms with van der Waals surface area (Å²) in [5, 5.41) is 3.39. The van der Waals surface area contributed by atoms with Crippen LogP contribution in [0.4, 0.5) is 25.3 Å². The number of rotatable bonds is 7. The maximum Gasteiger partial charge on any atom is 0.410 e. The number of anilines is 2. The summed E-state index contributed by atoms with van der Waals surface area (Å²) in [7, 11) is 0. The van der Waals surface area contributed by atoms with E-state index in [0.29, 0.717) is 73.9 Å². The number of nitrogens with one attached hydrogen (secondary N) is 1. The molecule has 1 aliphatic carbocycles. The summed E-state index contributed by atoms with van der Waals surface area (Å²) in [5.41, 5.74) is 1.06. The summed E-state index contributed by atoms with van der Waals surface area (Å²) in [5.74, 6) is 1.45. The zero-order valence-electron chi connectivity index (χ0n) is 21.9. The molecule has 1 amide bonds. The van der Waals surface area contributed by atoms with Gasteiger partial charge in [-0.3, -0.25) is 4.57 Å². The molecule has 1 unspecified atom stereocenters. The predicted octanol–water partition coefficient (Wildman–Crippen LogP) is 4.40. The Labute approximate surface area is 225 Å². The van der Waals surface area contributed by atoms with Crippen molar-refractivity contribution in [1.82, 2.24) is 24.4 Å². The molecular formula is C27H33F2N7O3. The van der Waals surface area contributed by atoms with Crippen LogP contribution in [-0.2, 0) is 9.47 Å². The van der Waals surface area contributed by atoms with E-state index in [-0.39, 0.29) is 24.1 Å². The lowest BCUT2D eigenvalue weighted by molar-refractivity contribution is 0.122. The zero-order valence-corrected chi connectivity index (χ0v) is 21.9. The fraction of sp³-hybridized carbons (Fsp3) is 0.556. The molecule has 39 heavy (non-hydrogen) atoms. The highest BCUT2D eigenvalue weighted by molar-refractivity contribution is 5.78. The fourth-order valence-corrected chi connectivity index (χ4v) is 5.82. The van der Waals surface area contributed by atoms with Crippen molar-refractivity contribution in [2.75, 3.05) is 49.6 Å². The number of ether oxygens (including phenoxy) is 2. The van der Waals surface area contributed by atoms with E-state index in [1.165, 1.54) is 4.57 Å². The molecule has 3 aromatic rings. The number of aromatic nitrogens is 4. The van der Waals surface area contributed by atoms with Crippen molar-refractivity contribution in [2.45, 2.75) is 51.2 Å². The van der Waals surface area contributed by atoms with Crippen molar-refractivity contribution < 1.29 is 23.0 Å². The van der Waals surface area contributed by atoms with Crippen LogP contribution in [0.1, 0.15) is 44.9 Å². The van der Waals surface area contributed by atoms with E-state index >= 15 is 0 Å². The molecule has 12 heteroatoms. The van der Waals surface area contributed by atoms with E-state index in [1.54, 1.807) is 30.3 Å². The van der Waals surface area contributed by atoms with E-state index in [2.05, 4.69) is 20.2 Å². The third-order valence-corrected chi connectivity index (χ3v) is 7.84. The number of carbonyl (C=O) groups is 1. The normalized spacial score (nSPS) is 24.0. The van der Waals surface area contributed by atoms with Gasteiger partial charge in [-0.1, -0.05) is 12.1 Å². The average Bonchev–Trinajstić information content (AvgIpc) is 3.52. The largest absolute Gasteiger partial charge is 0.444 e. The molecule has 2 aromatic heterocycles. The number of imidazole rings is 1. The lowest BCUT2D eigenvalue weighted by atomic mass is 9.85. The number of hydrogen-bond donors (Lipinski definition) is 1. The van der Waals surface area contributed by atoms with Gasteiger partial charge in [0.2, 0.25) is 5.95 Å². The van der Waals surface area contributed by atoms with Gasteiger partial charge in [-0.2, -0.15) is 9.97 Å². The molecule has 2 saturated heterocycles. The third kappa shape index (κ3) is 5.34. The van der Waals surface area contributed by atoms with Gasteiger partial charge in [0.15, 0.2) is 5.82 Å². The second kappa shape index (κ2) is 10.9. The molecule has 1 N–H and O–H groups in total. The molecular weight excluding hydrogens is 508 g/mol. The number of hydrogen-bond acceptors (Lipinski definition) is 8. The number of benzene rings is 1. The van der Waals surface area contributed by atoms with Crippen molar-refractivity contribution in [1.29, 1.82) is 0 Å². The van der Waals surface area contributed by atoms with Gasteiger partial charge in [0, 0.05) is 31.7 Å². The molecule has 1 saturated carbocycles. The highest BCUT2D eigenvalue weighted by atomic mass is 19.3. The third-order valence-electron chi connectivity index (χ3n) is 7.84. The molecule has 208 valence electrons. The van der Waals surface area contributed by atoms with Crippen molar-refractivity contribution >= 4 is 28.9 Å². The molecule has 0 bridgehead atoms. The molecule has 3 fully saturated rings. The maximum absolute atomic E-state index is 14.1. The Balaban J connectivity index is 1.23. The predicted molar refractivity (Wildman–Crippen MR) is 142 cm³/mol. The summed E-state index contributed by atoms with van der Waals surface area (Å²) in [6, 6.07) is 9.04. The lowest BCUT2D eigenvalue weighted by Crippen LogP contribution is -2.39. The van der Waals surface area contributed by atoms with Crippen molar-refractivity contribution in [2.24, 2.45) is 5.92 Å². The van der Waals surface area contributed by atoms with E-state index < -0.39 is 6.43 Å². The lowest BCUT2D eigenvalue weighted by Gasteiger charge is -2.33. The topological polar surface area (TPSA) is 97.6 Å². The first-order valence-corrected chi connectivity index (χ1v) is 13.6. The first-order valence-electron chi connectivity index (χ1n) is 13.6. The van der Waals surface area contributed by atoms with Crippen molar-refractivity contribution in [3.05, 3.63) is 36.2 Å². The molecule has 2 aliphatic heterocycles. The second-order valence-electron chi connectivity index (χ2n) is 10.5. The van der Waals surface area contributed by atoms with E-state index in [9.17, 15) is 13.6 Å². The van der Waals surface area contributed by atoms with Gasteiger partial charge >= 0.3 is 6.09 Å². The van der Waals surface area contributed by atoms with Gasteiger partial charge in [0.1, 0.15) is 17.7 Å². The molecule has 6 rings (SSSR count). The number of carbonyl (C=O) groups excluding carboxylic acids is 1. The van der Waals surface area contributed by atoms with Crippen LogP contribution < -0.4 is 10.2 Å². The molecule has 4 heterocycles. The minimum atomic E-state index is -2.76. The smallest absolute Gasteiger partial charge is 0.410 e. The minimum absolute atomic E-state index is 0.0554. The van der Waals surface area contributed by atoms with E-state index in [1.807, 2.05) is 11.8 Å². The van der Waals surface area contributed by atoms with Gasteiger partial charge < -0.3 is 24.6 Å². The van der Waals surface area contributed by atoms with Crippen LogP contribution in [0, 0.1) is 5.92 Å². The number of amides is 1. The van der Waals surface area contributed by atoms with Crippen LogP contribution >= 0.6 is 0 Å². The monoisotopic (exact) mass is 541 g/mol. The van der Waals surface area contributed by atoms with Gasteiger partial charge in [-0.25, -0.2) is 18.6 Å². The highest BCUT2D eigenvalue weighted by Gasteiger charge is 2.36. The van der Waals surface area contributed by atoms with Crippen LogP contribution in [0.25, 0.3) is 16.9 Å². The van der Waals surface area contributed by atoms with E-state index in [0.717, 1.165) is 25.7 Å². The Morgan fingerprint density at radius 1 is 1.05 bits per heavy atom. The standard InChI is InChI=1S/C27H33F2N7O3/c1-17-16-35(27(37)39-17)19-8-6-18(7-9-19)15-30-26-32-22(34-10-12-38-13-11-34)14-23(33-26)36-21-5-3-2-4-20(21)31-25(36)24(28)29/h2-5,14,17-19,24H,6-13,15-16H2,1H3,(H,30,32,33)/t17?,18-,19-. The number of fused-ring (bicyclic) bond motifs is 1. The van der Waals surface area contributed by atoms with Crippen LogP contribution in [0.15, 0.2) is 30.3 Å². The Bertz CT molecular complexity index is 1320. The second-order valence-corrected chi connectivity index (χ2v) is 10.5. The number of cyclic esters (lactones) is 1. The Morgan fingerprint density at radius 2 is 1.79 bits per heavy atom. The number of nitrogens with zero attached hydrogens (tertiary/aromatic N) is 6. The summed E-state index contributed by atoms with van der Waals surface area (Å²) < 4.78 is 40.4. The Morgan fingerprint density at radius 3 is 2.51 bits per heavy atom. The van der Waals surface area contributed by atoms with Crippen LogP contribution in [0.3, 0.4) is 0 Å². The van der Waals surface area contributed by atoms with Gasteiger partial charge in [-0.15, -0.1) is 0 Å². The summed E-state index contributed by atoms with van der Waals surface area (Å²) in [6.07, 6.45) is 0.753. The Hall–Kier alpha value is -3.54. The first kappa shape index (κ1) is 25.7. The van der Waals surface area contributed by atoms with Crippen molar-refractivity contribution in [3.63, 3.8) is 0 Å². The summed E-state index contributed by atoms with van der Waals surface area (Å²) >= 11 is 0. The summed E-state index contributed by atoms with van der Waals surface area (Å²) in [6.45, 7) is 5.69. The van der Waals surface area contributed by atoms with Crippen molar-refractivity contribution in [3.8, 4) is 5.82 Å². The van der Waals surface area contributed by atoms with Gasteiger partial charge in [0.05, 0.1) is 30.8 Å². The number of halogens is 2. The van der Waals surface area contributed by atoms with Crippen LogP contribution in [-0.4, -0.2) is 82.1 Å². The van der Waals surface area contributed by atoms with E-state index in [4.69, 9.17) is 14.5 Å². The molecule has 3 aliphatic rings. The number of alkyl halides is 2. The molecule has 1 aromatic carbocycles. The first-order chi connectivity index (χ1) is 19.0. The van der Waals surface area contributed by atoms with Crippen LogP contribution in [0.2, 0.25) is 0 Å². The quantitative estimate of drug-likeness (QED) is 0.470. The number of para-hydroxylation sites is 2. The van der Waals surface area contributed by atoms with Gasteiger partial charge in [-0.05, 0) is 50.7 Å². The SMILES string of the molecule is CC1CN([C@H]2CC[C@H](CNc3nc(N4CCOCC4)cc(-n4c(C(F)F)nc5ccccc54)n3)CC2)C(=O)O1. The highest BCUT2D eigenvalue weighted by Crippen LogP contribution is 2.32. The molecule has 0 spiro atoms. The number of morpholine rings is 1. The maximum atomic E-state index is 14.1. The zero-order chi connectivity index (χ0) is 26.9. The molecule has 0 radical (unpaired) electrons. The molecule has 10 nitrogen and oxygen atoms in total.